The highest BCUT2D eigenvalue weighted by atomic mass is 16.5. The second-order valence-electron chi connectivity index (χ2n) is 2.92. The van der Waals surface area contributed by atoms with Gasteiger partial charge >= 0.3 is 5.97 Å². The van der Waals surface area contributed by atoms with Crippen molar-refractivity contribution in [3.63, 3.8) is 0 Å². The Morgan fingerprint density at radius 2 is 2.14 bits per heavy atom. The molecule has 1 rings (SSSR count). The maximum absolute atomic E-state index is 10.8. The maximum Gasteiger partial charge on any atom is 0.339 e. The summed E-state index contributed by atoms with van der Waals surface area (Å²) in [5.74, 6) is -0.611. The number of carbonyl (C=O) groups is 1. The van der Waals surface area contributed by atoms with E-state index in [2.05, 4.69) is 5.32 Å². The van der Waals surface area contributed by atoms with E-state index in [1.165, 1.54) is 7.11 Å². The number of hydrogen-bond acceptors (Lipinski definition) is 3. The molecule has 0 spiro atoms. The number of aryl methyl sites for hydroxylation is 1. The second kappa shape index (κ2) is 4.00. The van der Waals surface area contributed by atoms with Crippen molar-refractivity contribution >= 4 is 11.7 Å². The van der Waals surface area contributed by atoms with Crippen LogP contribution in [0.15, 0.2) is 12.1 Å². The number of benzene rings is 1. The molecule has 0 aliphatic carbocycles. The summed E-state index contributed by atoms with van der Waals surface area (Å²) in [5.41, 5.74) is 1.93. The number of carboxylic acid groups (broad SMARTS) is 1. The Bertz CT molecular complexity index is 361. The van der Waals surface area contributed by atoms with Crippen molar-refractivity contribution in [2.75, 3.05) is 19.5 Å². The van der Waals surface area contributed by atoms with Crippen LogP contribution >= 0.6 is 0 Å². The molecular weight excluding hydrogens is 182 g/mol. The molecule has 0 bridgehead atoms. The van der Waals surface area contributed by atoms with Crippen LogP contribution in [0.2, 0.25) is 0 Å². The second-order valence-corrected chi connectivity index (χ2v) is 2.92. The van der Waals surface area contributed by atoms with Gasteiger partial charge in [0.1, 0.15) is 11.3 Å². The van der Waals surface area contributed by atoms with E-state index in [9.17, 15) is 4.79 Å². The number of anilines is 1. The standard InChI is InChI=1S/C10H13NO3/c1-6-4-7(10(12)13)9(14-3)5-8(6)11-2/h4-5,11H,1-3H3,(H,12,13). The van der Waals surface area contributed by atoms with Crippen LogP contribution in [0.1, 0.15) is 15.9 Å². The van der Waals surface area contributed by atoms with Crippen molar-refractivity contribution < 1.29 is 14.6 Å². The van der Waals surface area contributed by atoms with E-state index < -0.39 is 5.97 Å². The van der Waals surface area contributed by atoms with E-state index in [4.69, 9.17) is 9.84 Å². The highest BCUT2D eigenvalue weighted by Gasteiger charge is 2.12. The third-order valence-corrected chi connectivity index (χ3v) is 2.05. The molecule has 0 fully saturated rings. The summed E-state index contributed by atoms with van der Waals surface area (Å²) in [7, 11) is 3.23. The van der Waals surface area contributed by atoms with Gasteiger partial charge in [0, 0.05) is 18.8 Å². The predicted molar refractivity (Wildman–Crippen MR) is 54.2 cm³/mol. The minimum Gasteiger partial charge on any atom is -0.496 e. The summed E-state index contributed by atoms with van der Waals surface area (Å²) in [4.78, 5) is 10.8. The van der Waals surface area contributed by atoms with E-state index in [0.29, 0.717) is 5.75 Å². The molecule has 0 amide bonds. The van der Waals surface area contributed by atoms with Crippen molar-refractivity contribution in [2.45, 2.75) is 6.92 Å². The zero-order chi connectivity index (χ0) is 10.7. The van der Waals surface area contributed by atoms with Crippen molar-refractivity contribution in [3.05, 3.63) is 23.3 Å². The molecule has 4 nitrogen and oxygen atoms in total. The topological polar surface area (TPSA) is 58.6 Å². The summed E-state index contributed by atoms with van der Waals surface area (Å²) in [6, 6.07) is 3.27. The summed E-state index contributed by atoms with van der Waals surface area (Å²) < 4.78 is 4.98. The molecule has 0 saturated heterocycles. The van der Waals surface area contributed by atoms with Gasteiger partial charge in [0.25, 0.3) is 0 Å². The van der Waals surface area contributed by atoms with E-state index in [-0.39, 0.29) is 5.56 Å². The molecular formula is C10H13NO3. The van der Waals surface area contributed by atoms with E-state index in [1.54, 1.807) is 19.2 Å². The number of methoxy groups -OCH3 is 1. The van der Waals surface area contributed by atoms with E-state index in [1.807, 2.05) is 6.92 Å². The molecule has 0 heterocycles. The first-order valence-corrected chi connectivity index (χ1v) is 4.19. The normalized spacial score (nSPS) is 9.64. The van der Waals surface area contributed by atoms with Crippen LogP contribution < -0.4 is 10.1 Å². The van der Waals surface area contributed by atoms with Crippen LogP contribution in [0.4, 0.5) is 5.69 Å². The first-order chi connectivity index (χ1) is 6.60. The third-order valence-electron chi connectivity index (χ3n) is 2.05. The molecule has 0 radical (unpaired) electrons. The first kappa shape index (κ1) is 10.4. The van der Waals surface area contributed by atoms with Crippen molar-refractivity contribution in [1.29, 1.82) is 0 Å². The lowest BCUT2D eigenvalue weighted by Crippen LogP contribution is -2.03. The van der Waals surface area contributed by atoms with Gasteiger partial charge in [-0.3, -0.25) is 0 Å². The summed E-state index contributed by atoms with van der Waals surface area (Å²) >= 11 is 0. The zero-order valence-corrected chi connectivity index (χ0v) is 8.42. The number of rotatable bonds is 3. The van der Waals surface area contributed by atoms with Crippen LogP contribution in [0, 0.1) is 6.92 Å². The molecule has 4 heteroatoms. The van der Waals surface area contributed by atoms with Gasteiger partial charge in [-0.05, 0) is 18.6 Å². The average Bonchev–Trinajstić information content (AvgIpc) is 2.17. The average molecular weight is 195 g/mol. The smallest absolute Gasteiger partial charge is 0.339 e. The number of ether oxygens (including phenoxy) is 1. The first-order valence-electron chi connectivity index (χ1n) is 4.19. The Labute approximate surface area is 82.5 Å². The summed E-state index contributed by atoms with van der Waals surface area (Å²) in [6.45, 7) is 1.84. The van der Waals surface area contributed by atoms with E-state index >= 15 is 0 Å². The number of aromatic carboxylic acids is 1. The van der Waals surface area contributed by atoms with Gasteiger partial charge < -0.3 is 15.2 Å². The molecule has 0 saturated carbocycles. The Morgan fingerprint density at radius 3 is 2.57 bits per heavy atom. The van der Waals surface area contributed by atoms with Gasteiger partial charge in [-0.15, -0.1) is 0 Å². The molecule has 2 N–H and O–H groups in total. The molecule has 14 heavy (non-hydrogen) atoms. The quantitative estimate of drug-likeness (QED) is 0.771. The Hall–Kier alpha value is -1.71. The van der Waals surface area contributed by atoms with Gasteiger partial charge in [0.05, 0.1) is 7.11 Å². The fraction of sp³-hybridized carbons (Fsp3) is 0.300. The summed E-state index contributed by atoms with van der Waals surface area (Å²) in [6.07, 6.45) is 0. The lowest BCUT2D eigenvalue weighted by Gasteiger charge is -2.10. The number of carboxylic acids is 1. The fourth-order valence-electron chi connectivity index (χ4n) is 1.29. The minimum atomic E-state index is -0.979. The molecule has 1 aromatic rings. The third kappa shape index (κ3) is 1.79. The SMILES string of the molecule is CNc1cc(OC)c(C(=O)O)cc1C. The molecule has 76 valence electrons. The molecule has 0 aliphatic heterocycles. The van der Waals surface area contributed by atoms with Gasteiger partial charge in [0.15, 0.2) is 0 Å². The van der Waals surface area contributed by atoms with Gasteiger partial charge in [0.2, 0.25) is 0 Å². The highest BCUT2D eigenvalue weighted by Crippen LogP contribution is 2.26. The lowest BCUT2D eigenvalue weighted by molar-refractivity contribution is 0.0693. The minimum absolute atomic E-state index is 0.184. The largest absolute Gasteiger partial charge is 0.496 e. The fourth-order valence-corrected chi connectivity index (χ4v) is 1.29. The van der Waals surface area contributed by atoms with Gasteiger partial charge in [-0.2, -0.15) is 0 Å². The summed E-state index contributed by atoms with van der Waals surface area (Å²) in [5, 5.41) is 11.8. The Morgan fingerprint density at radius 1 is 1.50 bits per heavy atom. The molecule has 0 unspecified atom stereocenters. The van der Waals surface area contributed by atoms with Crippen LogP contribution in [0.5, 0.6) is 5.75 Å². The van der Waals surface area contributed by atoms with Gasteiger partial charge in [-0.25, -0.2) is 4.79 Å². The lowest BCUT2D eigenvalue weighted by atomic mass is 10.1. The Kier molecular flexibility index (Phi) is 2.96. The maximum atomic E-state index is 10.8. The van der Waals surface area contributed by atoms with Gasteiger partial charge in [-0.1, -0.05) is 0 Å². The molecule has 0 atom stereocenters. The zero-order valence-electron chi connectivity index (χ0n) is 8.42. The van der Waals surface area contributed by atoms with Crippen molar-refractivity contribution in [1.82, 2.24) is 0 Å². The monoisotopic (exact) mass is 195 g/mol. The van der Waals surface area contributed by atoms with Crippen molar-refractivity contribution in [3.8, 4) is 5.75 Å². The molecule has 1 aromatic carbocycles. The predicted octanol–water partition coefficient (Wildman–Crippen LogP) is 1.74. The molecule has 0 aliphatic rings. The highest BCUT2D eigenvalue weighted by molar-refractivity contribution is 5.92. The van der Waals surface area contributed by atoms with Crippen LogP contribution in [-0.2, 0) is 0 Å². The van der Waals surface area contributed by atoms with Crippen LogP contribution in [0.3, 0.4) is 0 Å². The van der Waals surface area contributed by atoms with Crippen LogP contribution in [0.25, 0.3) is 0 Å². The Balaban J connectivity index is 3.31. The van der Waals surface area contributed by atoms with E-state index in [0.717, 1.165) is 11.3 Å². The van der Waals surface area contributed by atoms with Crippen molar-refractivity contribution in [2.24, 2.45) is 0 Å². The van der Waals surface area contributed by atoms with Crippen LogP contribution in [-0.4, -0.2) is 25.2 Å². The molecule has 0 aromatic heterocycles. The number of nitrogens with one attached hydrogen (secondary N) is 1. The number of hydrogen-bond donors (Lipinski definition) is 2.